The largest absolute Gasteiger partial charge is 0.261 e. The third-order valence-electron chi connectivity index (χ3n) is 2.48. The molecule has 6 heteroatoms. The predicted octanol–water partition coefficient (Wildman–Crippen LogP) is 2.33. The average Bonchev–Trinajstić information content (AvgIpc) is 2.28. The van der Waals surface area contributed by atoms with Crippen molar-refractivity contribution in [2.24, 2.45) is 5.92 Å². The van der Waals surface area contributed by atoms with Crippen molar-refractivity contribution >= 4 is 10.0 Å². The van der Waals surface area contributed by atoms with E-state index >= 15 is 0 Å². The van der Waals surface area contributed by atoms with Gasteiger partial charge in [-0.15, -0.1) is 0 Å². The maximum Gasteiger partial charge on any atom is 0.261 e. The Labute approximate surface area is 108 Å². The number of pyridine rings is 1. The van der Waals surface area contributed by atoms with E-state index in [1.807, 2.05) is 0 Å². The lowest BCUT2D eigenvalue weighted by atomic mass is 10.1. The molecule has 0 saturated heterocycles. The molecule has 0 aliphatic heterocycles. The van der Waals surface area contributed by atoms with Gasteiger partial charge in [-0.25, -0.2) is 22.5 Å². The molecule has 0 aromatic carbocycles. The molecule has 0 radical (unpaired) electrons. The van der Waals surface area contributed by atoms with Crippen LogP contribution in [-0.4, -0.2) is 19.9 Å². The average molecular weight is 274 g/mol. The van der Waals surface area contributed by atoms with E-state index in [0.717, 1.165) is 25.3 Å². The first-order valence-corrected chi connectivity index (χ1v) is 7.52. The molecule has 0 fully saturated rings. The number of hydrogen-bond acceptors (Lipinski definition) is 3. The molecule has 1 aromatic heterocycles. The maximum atomic E-state index is 13.3. The molecule has 1 rings (SSSR count). The highest BCUT2D eigenvalue weighted by Gasteiger charge is 2.19. The third-order valence-corrected chi connectivity index (χ3v) is 3.87. The summed E-state index contributed by atoms with van der Waals surface area (Å²) in [5, 5.41) is -0.533. The molecule has 0 aliphatic rings. The Kier molecular flexibility index (Phi) is 5.68. The molecule has 1 heterocycles. The molecule has 0 unspecified atom stereocenters. The maximum absolute atomic E-state index is 13.3. The van der Waals surface area contributed by atoms with Crippen molar-refractivity contribution in [3.8, 4) is 0 Å². The van der Waals surface area contributed by atoms with E-state index in [1.165, 1.54) is 12.3 Å². The molecule has 102 valence electrons. The summed E-state index contributed by atoms with van der Waals surface area (Å²) in [6.07, 6.45) is 4.01. The fourth-order valence-electron chi connectivity index (χ4n) is 1.52. The quantitative estimate of drug-likeness (QED) is 0.776. The summed E-state index contributed by atoms with van der Waals surface area (Å²) < 4.78 is 39.1. The van der Waals surface area contributed by atoms with Gasteiger partial charge >= 0.3 is 0 Å². The topological polar surface area (TPSA) is 59.1 Å². The molecule has 0 atom stereocenters. The lowest BCUT2D eigenvalue weighted by molar-refractivity contribution is 0.524. The summed E-state index contributed by atoms with van der Waals surface area (Å²) in [4.78, 5) is 3.55. The highest BCUT2D eigenvalue weighted by Crippen LogP contribution is 2.10. The minimum Gasteiger partial charge on any atom is -0.241 e. The smallest absolute Gasteiger partial charge is 0.241 e. The number of unbranched alkanes of at least 4 members (excludes halogenated alkanes) is 1. The van der Waals surface area contributed by atoms with E-state index in [-0.39, 0.29) is 0 Å². The van der Waals surface area contributed by atoms with Crippen LogP contribution in [0.1, 0.15) is 33.1 Å². The van der Waals surface area contributed by atoms with E-state index in [4.69, 9.17) is 0 Å². The Balaban J connectivity index is 2.49. The summed E-state index contributed by atoms with van der Waals surface area (Å²) in [7, 11) is -3.83. The molecule has 0 spiro atoms. The van der Waals surface area contributed by atoms with E-state index in [9.17, 15) is 12.8 Å². The number of halogens is 1. The molecular formula is C12H19FN2O2S. The first-order chi connectivity index (χ1) is 8.43. The fraction of sp³-hybridized carbons (Fsp3) is 0.583. The minimum absolute atomic E-state index is 0.311. The van der Waals surface area contributed by atoms with Crippen molar-refractivity contribution in [1.29, 1.82) is 0 Å². The van der Waals surface area contributed by atoms with Crippen molar-refractivity contribution < 1.29 is 12.8 Å². The highest BCUT2D eigenvalue weighted by atomic mass is 32.2. The molecule has 4 nitrogen and oxygen atoms in total. The second-order valence-electron chi connectivity index (χ2n) is 4.58. The van der Waals surface area contributed by atoms with Crippen molar-refractivity contribution in [1.82, 2.24) is 9.71 Å². The van der Waals surface area contributed by atoms with E-state index in [1.54, 1.807) is 0 Å². The van der Waals surface area contributed by atoms with Gasteiger partial charge in [0.1, 0.15) is 0 Å². The number of aromatic nitrogens is 1. The van der Waals surface area contributed by atoms with E-state index in [2.05, 4.69) is 23.6 Å². The Morgan fingerprint density at radius 2 is 2.11 bits per heavy atom. The fourth-order valence-corrected chi connectivity index (χ4v) is 2.60. The zero-order valence-corrected chi connectivity index (χ0v) is 11.5. The normalized spacial score (nSPS) is 12.0. The highest BCUT2D eigenvalue weighted by molar-refractivity contribution is 7.89. The first-order valence-electron chi connectivity index (χ1n) is 6.03. The molecule has 0 bridgehead atoms. The molecule has 0 amide bonds. The molecular weight excluding hydrogens is 255 g/mol. The SMILES string of the molecule is CC(C)CCCCNS(=O)(=O)c1ncccc1F. The van der Waals surface area contributed by atoms with Crippen LogP contribution >= 0.6 is 0 Å². The molecule has 1 aromatic rings. The van der Waals surface area contributed by atoms with Crippen LogP contribution in [0.4, 0.5) is 4.39 Å². The van der Waals surface area contributed by atoms with Crippen molar-refractivity contribution in [3.05, 3.63) is 24.1 Å². The Bertz CT molecular complexity index is 475. The lowest BCUT2D eigenvalue weighted by Gasteiger charge is -2.07. The van der Waals surface area contributed by atoms with E-state index < -0.39 is 20.9 Å². The number of sulfonamides is 1. The van der Waals surface area contributed by atoms with Crippen LogP contribution in [-0.2, 0) is 10.0 Å². The van der Waals surface area contributed by atoms with Gasteiger partial charge in [0.2, 0.25) is 5.03 Å². The Morgan fingerprint density at radius 1 is 1.39 bits per heavy atom. The Morgan fingerprint density at radius 3 is 2.72 bits per heavy atom. The molecule has 1 N–H and O–H groups in total. The van der Waals surface area contributed by atoms with Crippen LogP contribution in [0.3, 0.4) is 0 Å². The number of nitrogens with zero attached hydrogens (tertiary/aromatic N) is 1. The van der Waals surface area contributed by atoms with Crippen LogP contribution in [0.2, 0.25) is 0 Å². The van der Waals surface area contributed by atoms with Crippen LogP contribution < -0.4 is 4.72 Å². The van der Waals surface area contributed by atoms with Crippen molar-refractivity contribution in [2.45, 2.75) is 38.1 Å². The zero-order valence-electron chi connectivity index (χ0n) is 10.7. The summed E-state index contributed by atoms with van der Waals surface area (Å²) in [6.45, 7) is 4.55. The molecule has 0 saturated carbocycles. The van der Waals surface area contributed by atoms with Gasteiger partial charge in [-0.2, -0.15) is 0 Å². The van der Waals surface area contributed by atoms with Gasteiger partial charge < -0.3 is 0 Å². The van der Waals surface area contributed by atoms with Gasteiger partial charge in [0.25, 0.3) is 10.0 Å². The third kappa shape index (κ3) is 4.70. The van der Waals surface area contributed by atoms with Gasteiger partial charge in [-0.1, -0.05) is 26.7 Å². The summed E-state index contributed by atoms with van der Waals surface area (Å²) in [5.74, 6) is -0.220. The Hall–Kier alpha value is -1.01. The second-order valence-corrected chi connectivity index (χ2v) is 6.26. The number of nitrogens with one attached hydrogen (secondary N) is 1. The summed E-state index contributed by atoms with van der Waals surface area (Å²) in [5.41, 5.74) is 0. The standard InChI is InChI=1S/C12H19FN2O2S/c1-10(2)6-3-4-9-15-18(16,17)12-11(13)7-5-8-14-12/h5,7-8,10,15H,3-4,6,9H2,1-2H3. The van der Waals surface area contributed by atoms with Crippen molar-refractivity contribution in [2.75, 3.05) is 6.54 Å². The van der Waals surface area contributed by atoms with Crippen LogP contribution in [0.25, 0.3) is 0 Å². The molecule has 18 heavy (non-hydrogen) atoms. The monoisotopic (exact) mass is 274 g/mol. The molecule has 0 aliphatic carbocycles. The lowest BCUT2D eigenvalue weighted by Crippen LogP contribution is -2.26. The summed E-state index contributed by atoms with van der Waals surface area (Å²) in [6, 6.07) is 2.44. The minimum atomic E-state index is -3.83. The van der Waals surface area contributed by atoms with Crippen LogP contribution in [0, 0.1) is 11.7 Å². The number of rotatable bonds is 7. The first kappa shape index (κ1) is 15.0. The van der Waals surface area contributed by atoms with Crippen molar-refractivity contribution in [3.63, 3.8) is 0 Å². The van der Waals surface area contributed by atoms with Gasteiger partial charge in [0, 0.05) is 12.7 Å². The van der Waals surface area contributed by atoms with Crippen LogP contribution in [0.15, 0.2) is 23.4 Å². The second kappa shape index (κ2) is 6.80. The van der Waals surface area contributed by atoms with Crippen LogP contribution in [0.5, 0.6) is 0 Å². The van der Waals surface area contributed by atoms with Gasteiger partial charge in [0.15, 0.2) is 5.82 Å². The zero-order chi connectivity index (χ0) is 13.6. The predicted molar refractivity (Wildman–Crippen MR) is 68.1 cm³/mol. The van der Waals surface area contributed by atoms with Gasteiger partial charge in [-0.05, 0) is 24.5 Å². The van der Waals surface area contributed by atoms with E-state index in [0.29, 0.717) is 12.5 Å². The number of hydrogen-bond donors (Lipinski definition) is 1. The van der Waals surface area contributed by atoms with Gasteiger partial charge in [0.05, 0.1) is 0 Å². The van der Waals surface area contributed by atoms with Gasteiger partial charge in [-0.3, -0.25) is 0 Å². The summed E-state index contributed by atoms with van der Waals surface area (Å²) >= 11 is 0.